The molecule has 0 aliphatic carbocycles. The lowest BCUT2D eigenvalue weighted by molar-refractivity contribution is 0.633. The van der Waals surface area contributed by atoms with Crippen LogP contribution in [0.1, 0.15) is 13.3 Å². The monoisotopic (exact) mass is 305 g/mol. The molecule has 0 aromatic carbocycles. The second-order valence-corrected chi connectivity index (χ2v) is 4.53. The molecular formula is C10H16IN3. The van der Waals surface area contributed by atoms with E-state index in [1.54, 1.807) is 0 Å². The van der Waals surface area contributed by atoms with Crippen molar-refractivity contribution >= 4 is 22.6 Å². The zero-order valence-corrected chi connectivity index (χ0v) is 10.6. The Morgan fingerprint density at radius 1 is 1.71 bits per heavy atom. The molecule has 0 saturated heterocycles. The molecule has 3 nitrogen and oxygen atoms in total. The first-order valence-electron chi connectivity index (χ1n) is 4.77. The molecule has 0 radical (unpaired) electrons. The van der Waals surface area contributed by atoms with Crippen molar-refractivity contribution in [1.29, 1.82) is 0 Å². The maximum atomic E-state index is 4.20. The molecule has 1 heterocycles. The summed E-state index contributed by atoms with van der Waals surface area (Å²) in [7, 11) is 0. The highest BCUT2D eigenvalue weighted by atomic mass is 127. The molecule has 1 N–H and O–H groups in total. The molecule has 1 rings (SSSR count). The third kappa shape index (κ3) is 4.23. The van der Waals surface area contributed by atoms with E-state index in [1.807, 2.05) is 17.1 Å². The molecule has 0 saturated carbocycles. The van der Waals surface area contributed by atoms with Gasteiger partial charge in [-0.2, -0.15) is 5.10 Å². The molecule has 0 fully saturated rings. The van der Waals surface area contributed by atoms with Gasteiger partial charge in [-0.25, -0.2) is 0 Å². The van der Waals surface area contributed by atoms with Gasteiger partial charge in [0.15, 0.2) is 0 Å². The van der Waals surface area contributed by atoms with E-state index in [2.05, 4.69) is 46.5 Å². The van der Waals surface area contributed by atoms with Gasteiger partial charge in [-0.1, -0.05) is 13.5 Å². The summed E-state index contributed by atoms with van der Waals surface area (Å²) < 4.78 is 3.08. The van der Waals surface area contributed by atoms with Crippen LogP contribution in [-0.2, 0) is 6.54 Å². The minimum Gasteiger partial charge on any atom is -0.313 e. The van der Waals surface area contributed by atoms with Crippen molar-refractivity contribution in [1.82, 2.24) is 15.1 Å². The smallest absolute Gasteiger partial charge is 0.0629 e. The van der Waals surface area contributed by atoms with Crippen molar-refractivity contribution in [3.63, 3.8) is 0 Å². The topological polar surface area (TPSA) is 29.9 Å². The summed E-state index contributed by atoms with van der Waals surface area (Å²) in [5, 5.41) is 7.52. The van der Waals surface area contributed by atoms with E-state index in [0.29, 0.717) is 0 Å². The first-order valence-corrected chi connectivity index (χ1v) is 5.85. The maximum absolute atomic E-state index is 4.20. The lowest BCUT2D eigenvalue weighted by Crippen LogP contribution is -2.19. The number of nitrogens with zero attached hydrogens (tertiary/aromatic N) is 2. The second-order valence-electron chi connectivity index (χ2n) is 3.28. The van der Waals surface area contributed by atoms with Crippen LogP contribution in [0.4, 0.5) is 0 Å². The lowest BCUT2D eigenvalue weighted by Gasteiger charge is -2.06. The van der Waals surface area contributed by atoms with E-state index in [0.717, 1.165) is 35.2 Å². The van der Waals surface area contributed by atoms with E-state index < -0.39 is 0 Å². The van der Waals surface area contributed by atoms with Crippen LogP contribution in [0.2, 0.25) is 0 Å². The molecule has 0 aliphatic heterocycles. The van der Waals surface area contributed by atoms with Crippen LogP contribution in [0.25, 0.3) is 0 Å². The SMILES string of the molecule is C=C(CNCCC)Cn1cc(I)cn1. The van der Waals surface area contributed by atoms with E-state index in [9.17, 15) is 0 Å². The quantitative estimate of drug-likeness (QED) is 0.495. The number of rotatable bonds is 6. The van der Waals surface area contributed by atoms with Crippen LogP contribution < -0.4 is 5.32 Å². The molecule has 78 valence electrons. The molecule has 0 bridgehead atoms. The Bertz CT molecular complexity index is 293. The number of nitrogens with one attached hydrogen (secondary N) is 1. The van der Waals surface area contributed by atoms with Crippen LogP contribution in [0.3, 0.4) is 0 Å². The summed E-state index contributed by atoms with van der Waals surface area (Å²) in [5.41, 5.74) is 1.16. The number of aromatic nitrogens is 2. The van der Waals surface area contributed by atoms with E-state index in [1.165, 1.54) is 0 Å². The van der Waals surface area contributed by atoms with Crippen molar-refractivity contribution < 1.29 is 0 Å². The number of halogens is 1. The van der Waals surface area contributed by atoms with Gasteiger partial charge < -0.3 is 5.32 Å². The van der Waals surface area contributed by atoms with Gasteiger partial charge in [0.05, 0.1) is 16.3 Å². The molecular weight excluding hydrogens is 289 g/mol. The molecule has 0 aliphatic rings. The Morgan fingerprint density at radius 3 is 3.07 bits per heavy atom. The normalized spacial score (nSPS) is 10.4. The van der Waals surface area contributed by atoms with Crippen molar-refractivity contribution in [3.05, 3.63) is 28.1 Å². The Labute approximate surface area is 98.7 Å². The summed E-state index contributed by atoms with van der Waals surface area (Å²) >= 11 is 2.25. The molecule has 14 heavy (non-hydrogen) atoms. The largest absolute Gasteiger partial charge is 0.313 e. The molecule has 1 aromatic rings. The Balaban J connectivity index is 2.27. The van der Waals surface area contributed by atoms with Crippen molar-refractivity contribution in [3.8, 4) is 0 Å². The van der Waals surface area contributed by atoms with Gasteiger partial charge in [0.1, 0.15) is 0 Å². The fraction of sp³-hybridized carbons (Fsp3) is 0.500. The van der Waals surface area contributed by atoms with Crippen LogP contribution in [-0.4, -0.2) is 22.9 Å². The van der Waals surface area contributed by atoms with Gasteiger partial charge in [0.2, 0.25) is 0 Å². The molecule has 0 atom stereocenters. The summed E-state index contributed by atoms with van der Waals surface area (Å²) in [4.78, 5) is 0. The van der Waals surface area contributed by atoms with Gasteiger partial charge in [-0.15, -0.1) is 0 Å². The molecule has 4 heteroatoms. The highest BCUT2D eigenvalue weighted by molar-refractivity contribution is 14.1. The van der Waals surface area contributed by atoms with Crippen molar-refractivity contribution in [2.75, 3.05) is 13.1 Å². The van der Waals surface area contributed by atoms with Crippen LogP contribution >= 0.6 is 22.6 Å². The van der Waals surface area contributed by atoms with E-state index in [4.69, 9.17) is 0 Å². The van der Waals surface area contributed by atoms with Crippen molar-refractivity contribution in [2.45, 2.75) is 19.9 Å². The predicted molar refractivity (Wildman–Crippen MR) is 67.2 cm³/mol. The minimum absolute atomic E-state index is 0.805. The first kappa shape index (κ1) is 11.7. The summed E-state index contributed by atoms with van der Waals surface area (Å²) in [6.07, 6.45) is 5.03. The average Bonchev–Trinajstić information content (AvgIpc) is 2.52. The van der Waals surface area contributed by atoms with E-state index >= 15 is 0 Å². The highest BCUT2D eigenvalue weighted by Crippen LogP contribution is 2.02. The zero-order valence-electron chi connectivity index (χ0n) is 8.46. The van der Waals surface area contributed by atoms with Crippen molar-refractivity contribution in [2.24, 2.45) is 0 Å². The summed E-state index contributed by atoms with van der Waals surface area (Å²) in [6, 6.07) is 0. The maximum Gasteiger partial charge on any atom is 0.0629 e. The Morgan fingerprint density at radius 2 is 2.50 bits per heavy atom. The van der Waals surface area contributed by atoms with E-state index in [-0.39, 0.29) is 0 Å². The van der Waals surface area contributed by atoms with Gasteiger partial charge in [0, 0.05) is 12.7 Å². The molecule has 0 amide bonds. The zero-order chi connectivity index (χ0) is 10.4. The standard InChI is InChI=1S/C10H16IN3/c1-3-4-12-5-9(2)7-14-8-10(11)6-13-14/h6,8,12H,2-5,7H2,1H3. The van der Waals surface area contributed by atoms with Gasteiger partial charge in [-0.3, -0.25) is 4.68 Å². The highest BCUT2D eigenvalue weighted by Gasteiger charge is 1.97. The molecule has 0 spiro atoms. The average molecular weight is 305 g/mol. The molecule has 0 unspecified atom stereocenters. The van der Waals surface area contributed by atoms with Crippen LogP contribution in [0.15, 0.2) is 24.5 Å². The number of hydrogen-bond donors (Lipinski definition) is 1. The third-order valence-electron chi connectivity index (χ3n) is 1.79. The lowest BCUT2D eigenvalue weighted by atomic mass is 10.3. The Kier molecular flexibility index (Phi) is 5.17. The third-order valence-corrected chi connectivity index (χ3v) is 2.35. The van der Waals surface area contributed by atoms with Crippen LogP contribution in [0.5, 0.6) is 0 Å². The Hall–Kier alpha value is -0.360. The fourth-order valence-corrected chi connectivity index (χ4v) is 1.60. The summed E-state index contributed by atoms with van der Waals surface area (Å²) in [6.45, 7) is 8.90. The first-order chi connectivity index (χ1) is 6.72. The second kappa shape index (κ2) is 6.19. The van der Waals surface area contributed by atoms with Gasteiger partial charge in [0.25, 0.3) is 0 Å². The summed E-state index contributed by atoms with van der Waals surface area (Å²) in [5.74, 6) is 0. The molecule has 1 aromatic heterocycles. The van der Waals surface area contributed by atoms with Gasteiger partial charge in [-0.05, 0) is 41.1 Å². The number of hydrogen-bond acceptors (Lipinski definition) is 2. The van der Waals surface area contributed by atoms with Gasteiger partial charge >= 0.3 is 0 Å². The fourth-order valence-electron chi connectivity index (χ4n) is 1.15. The van der Waals surface area contributed by atoms with Crippen LogP contribution in [0, 0.1) is 3.57 Å². The minimum atomic E-state index is 0.805. The predicted octanol–water partition coefficient (Wildman–Crippen LogP) is 2.04.